The summed E-state index contributed by atoms with van der Waals surface area (Å²) < 4.78 is 11.9. The van der Waals surface area contributed by atoms with Crippen LogP contribution in [0.1, 0.15) is 5.76 Å². The van der Waals surface area contributed by atoms with E-state index >= 15 is 0 Å². The van der Waals surface area contributed by atoms with Crippen LogP contribution in [0.15, 0.2) is 23.2 Å². The summed E-state index contributed by atoms with van der Waals surface area (Å²) in [5.41, 5.74) is 7.14. The Morgan fingerprint density at radius 1 is 1.50 bits per heavy atom. The van der Waals surface area contributed by atoms with E-state index in [0.717, 1.165) is 0 Å². The van der Waals surface area contributed by atoms with Gasteiger partial charge < -0.3 is 20.0 Å². The Kier molecular flexibility index (Phi) is 2.33. The first kappa shape index (κ1) is 10.5. The molecule has 3 heterocycles. The maximum absolute atomic E-state index is 5.74. The fourth-order valence-corrected chi connectivity index (χ4v) is 1.69. The Balaban J connectivity index is 1.99. The number of nitrogens with two attached hydrogens (primary N) is 1. The van der Waals surface area contributed by atoms with Crippen LogP contribution in [0.4, 0.5) is 5.82 Å². The molecule has 0 aromatic carbocycles. The Hall–Kier alpha value is -2.64. The van der Waals surface area contributed by atoms with Crippen LogP contribution in [0, 0.1) is 0 Å². The zero-order valence-electron chi connectivity index (χ0n) is 9.62. The molecule has 0 aliphatic rings. The zero-order chi connectivity index (χ0) is 12.5. The lowest BCUT2D eigenvalue weighted by Crippen LogP contribution is -2.36. The molecule has 0 saturated heterocycles. The summed E-state index contributed by atoms with van der Waals surface area (Å²) in [6, 6.07) is 1.71. The molecule has 0 aliphatic heterocycles. The molecule has 0 unspecified atom stereocenters. The van der Waals surface area contributed by atoms with E-state index < -0.39 is 0 Å². The van der Waals surface area contributed by atoms with Crippen LogP contribution < -0.4 is 15.0 Å². The van der Waals surface area contributed by atoms with E-state index in [1.807, 2.05) is 4.57 Å². The Morgan fingerprint density at radius 2 is 2.39 bits per heavy atom. The van der Waals surface area contributed by atoms with E-state index in [0.29, 0.717) is 35.2 Å². The van der Waals surface area contributed by atoms with Gasteiger partial charge in [-0.3, -0.25) is 0 Å². The highest BCUT2D eigenvalue weighted by Crippen LogP contribution is 2.12. The molecule has 8 heteroatoms. The number of ether oxygens (including phenoxy) is 1. The summed E-state index contributed by atoms with van der Waals surface area (Å²) >= 11 is 0. The number of H-pyrrole nitrogens is 1. The van der Waals surface area contributed by atoms with Gasteiger partial charge in [0.25, 0.3) is 11.5 Å². The molecule has 0 aliphatic carbocycles. The van der Waals surface area contributed by atoms with Gasteiger partial charge in [-0.15, -0.1) is 0 Å². The van der Waals surface area contributed by atoms with Crippen molar-refractivity contribution < 1.29 is 13.8 Å². The van der Waals surface area contributed by atoms with E-state index in [-0.39, 0.29) is 0 Å². The van der Waals surface area contributed by atoms with Crippen LogP contribution in [0.2, 0.25) is 0 Å². The normalized spacial score (nSPS) is 10.9. The Bertz CT molecular complexity index is 689. The molecule has 0 saturated carbocycles. The van der Waals surface area contributed by atoms with Crippen molar-refractivity contribution in [1.82, 2.24) is 20.1 Å². The summed E-state index contributed by atoms with van der Waals surface area (Å²) in [5.74, 6) is 1.49. The predicted molar refractivity (Wildman–Crippen MR) is 60.7 cm³/mol. The number of hydrogen-bond donors (Lipinski definition) is 2. The SMILES string of the molecule is COc1cc(C[n+]2cnc(N)c3[nH]cnc32)on1. The minimum absolute atomic E-state index is 0.411. The first-order valence-electron chi connectivity index (χ1n) is 5.24. The number of nitrogen functional groups attached to an aromatic ring is 1. The van der Waals surface area contributed by atoms with Crippen molar-refractivity contribution >= 4 is 17.0 Å². The molecule has 18 heavy (non-hydrogen) atoms. The molecule has 3 rings (SSSR count). The number of aromatic amines is 1. The molecular formula is C10H11N6O2+. The predicted octanol–water partition coefficient (Wildman–Crippen LogP) is -0.128. The largest absolute Gasteiger partial charge is 0.479 e. The van der Waals surface area contributed by atoms with E-state index in [4.69, 9.17) is 15.0 Å². The average Bonchev–Trinajstić information content (AvgIpc) is 3.01. The highest BCUT2D eigenvalue weighted by molar-refractivity contribution is 5.78. The second-order valence-electron chi connectivity index (χ2n) is 3.69. The molecule has 0 fully saturated rings. The van der Waals surface area contributed by atoms with Crippen molar-refractivity contribution in [2.75, 3.05) is 12.8 Å². The van der Waals surface area contributed by atoms with E-state index in [2.05, 4.69) is 20.1 Å². The van der Waals surface area contributed by atoms with Crippen molar-refractivity contribution in [3.8, 4) is 5.88 Å². The fraction of sp³-hybridized carbons (Fsp3) is 0.200. The molecule has 8 nitrogen and oxygen atoms in total. The molecule has 0 amide bonds. The highest BCUT2D eigenvalue weighted by atomic mass is 16.5. The molecule has 3 N–H and O–H groups in total. The monoisotopic (exact) mass is 247 g/mol. The Morgan fingerprint density at radius 3 is 3.17 bits per heavy atom. The van der Waals surface area contributed by atoms with Gasteiger partial charge in [-0.25, -0.2) is 4.57 Å². The van der Waals surface area contributed by atoms with Crippen LogP contribution in [-0.4, -0.2) is 27.2 Å². The third-order valence-electron chi connectivity index (χ3n) is 2.56. The van der Waals surface area contributed by atoms with E-state index in [1.54, 1.807) is 18.7 Å². The van der Waals surface area contributed by atoms with Crippen LogP contribution in [0.25, 0.3) is 11.2 Å². The fourth-order valence-electron chi connectivity index (χ4n) is 1.69. The molecule has 0 bridgehead atoms. The van der Waals surface area contributed by atoms with Crippen molar-refractivity contribution in [2.24, 2.45) is 0 Å². The van der Waals surface area contributed by atoms with Crippen LogP contribution in [-0.2, 0) is 6.54 Å². The summed E-state index contributed by atoms with van der Waals surface area (Å²) in [7, 11) is 1.53. The highest BCUT2D eigenvalue weighted by Gasteiger charge is 2.16. The standard InChI is InChI=1S/C10H10N6O2/c1-17-7-2-6(18-15-7)3-16-5-14-9(11)8-10(16)13-4-12-8/h2,4-5H,3H2,1H3,(H2,11,12,13)/p+1. The van der Waals surface area contributed by atoms with Crippen molar-refractivity contribution in [3.05, 3.63) is 24.5 Å². The number of methoxy groups -OCH3 is 1. The van der Waals surface area contributed by atoms with Gasteiger partial charge in [0, 0.05) is 6.07 Å². The quantitative estimate of drug-likeness (QED) is 0.624. The van der Waals surface area contributed by atoms with Crippen LogP contribution in [0.5, 0.6) is 5.88 Å². The van der Waals surface area contributed by atoms with Gasteiger partial charge in [0.1, 0.15) is 6.54 Å². The Labute approximate surface area is 101 Å². The second-order valence-corrected chi connectivity index (χ2v) is 3.69. The number of rotatable bonds is 3. The molecule has 92 valence electrons. The third kappa shape index (κ3) is 1.63. The topological polar surface area (TPSA) is 107 Å². The van der Waals surface area contributed by atoms with Crippen LogP contribution in [0.3, 0.4) is 0 Å². The van der Waals surface area contributed by atoms with E-state index in [9.17, 15) is 0 Å². The lowest BCUT2D eigenvalue weighted by Gasteiger charge is -1.97. The average molecular weight is 247 g/mol. The first-order valence-corrected chi connectivity index (χ1v) is 5.24. The van der Waals surface area contributed by atoms with Crippen molar-refractivity contribution in [1.29, 1.82) is 0 Å². The molecule has 0 atom stereocenters. The minimum atomic E-state index is 0.411. The summed E-state index contributed by atoms with van der Waals surface area (Å²) in [6.45, 7) is 0.449. The molecule has 0 spiro atoms. The number of hydrogen-bond acceptors (Lipinski definition) is 6. The van der Waals surface area contributed by atoms with Gasteiger partial charge in [-0.1, -0.05) is 9.97 Å². The van der Waals surface area contributed by atoms with Gasteiger partial charge in [-0.2, -0.15) is 0 Å². The maximum atomic E-state index is 5.74. The second kappa shape index (κ2) is 3.99. The number of imidazole rings is 1. The van der Waals surface area contributed by atoms with Crippen LogP contribution >= 0.6 is 0 Å². The number of nitrogens with one attached hydrogen (secondary N) is 1. The molecule has 0 radical (unpaired) electrons. The van der Waals surface area contributed by atoms with Gasteiger partial charge >= 0.3 is 0 Å². The summed E-state index contributed by atoms with van der Waals surface area (Å²) in [6.07, 6.45) is 3.17. The minimum Gasteiger partial charge on any atom is -0.479 e. The van der Waals surface area contributed by atoms with Crippen molar-refractivity contribution in [2.45, 2.75) is 6.54 Å². The van der Waals surface area contributed by atoms with Gasteiger partial charge in [0.15, 0.2) is 17.6 Å². The van der Waals surface area contributed by atoms with Gasteiger partial charge in [0.05, 0.1) is 7.11 Å². The third-order valence-corrected chi connectivity index (χ3v) is 2.56. The molecule has 3 aromatic rings. The zero-order valence-corrected chi connectivity index (χ0v) is 9.62. The van der Waals surface area contributed by atoms with E-state index in [1.165, 1.54) is 7.11 Å². The number of fused-ring (bicyclic) bond motifs is 1. The number of aromatic nitrogens is 5. The van der Waals surface area contributed by atoms with Gasteiger partial charge in [-0.05, 0) is 5.16 Å². The van der Waals surface area contributed by atoms with Crippen molar-refractivity contribution in [3.63, 3.8) is 0 Å². The summed E-state index contributed by atoms with van der Waals surface area (Å²) in [4.78, 5) is 11.2. The lowest BCUT2D eigenvalue weighted by atomic mass is 10.4. The first-order chi connectivity index (χ1) is 8.78. The maximum Gasteiger partial charge on any atom is 0.293 e. The lowest BCUT2D eigenvalue weighted by molar-refractivity contribution is -0.668. The van der Waals surface area contributed by atoms with Gasteiger partial charge in [0.2, 0.25) is 12.1 Å². The number of nitrogens with zero attached hydrogens (tertiary/aromatic N) is 4. The molecular weight excluding hydrogens is 236 g/mol. The molecule has 3 aromatic heterocycles. The smallest absolute Gasteiger partial charge is 0.293 e. The number of anilines is 1. The summed E-state index contributed by atoms with van der Waals surface area (Å²) in [5, 5.41) is 3.73.